The van der Waals surface area contributed by atoms with Crippen molar-refractivity contribution < 1.29 is 25.5 Å². The highest BCUT2D eigenvalue weighted by Gasteiger charge is 2.73. The van der Waals surface area contributed by atoms with Crippen molar-refractivity contribution in [2.24, 2.45) is 34.0 Å². The summed E-state index contributed by atoms with van der Waals surface area (Å²) in [5.41, 5.74) is -2.12. The summed E-state index contributed by atoms with van der Waals surface area (Å²) in [5.74, 6) is 0.555. The molecule has 0 aliphatic heterocycles. The van der Waals surface area contributed by atoms with Crippen LogP contribution in [0.3, 0.4) is 0 Å². The molecule has 0 aromatic carbocycles. The summed E-state index contributed by atoms with van der Waals surface area (Å²) >= 11 is 0. The monoisotopic (exact) mass is 354 g/mol. The molecule has 1 spiro atoms. The molecule has 4 saturated carbocycles. The largest absolute Gasteiger partial charge is 0.396 e. The van der Waals surface area contributed by atoms with Crippen LogP contribution in [0.25, 0.3) is 0 Å². The van der Waals surface area contributed by atoms with Crippen LogP contribution in [-0.4, -0.2) is 56.6 Å². The molecular weight excluding hydrogens is 320 g/mol. The Morgan fingerprint density at radius 1 is 0.880 bits per heavy atom. The van der Waals surface area contributed by atoms with E-state index in [2.05, 4.69) is 6.92 Å². The Hall–Kier alpha value is -0.200. The van der Waals surface area contributed by atoms with Crippen LogP contribution in [0, 0.1) is 34.0 Å². The third kappa shape index (κ3) is 1.97. The Kier molecular flexibility index (Phi) is 3.94. The third-order valence-corrected chi connectivity index (χ3v) is 9.53. The van der Waals surface area contributed by atoms with E-state index in [-0.39, 0.29) is 42.3 Å². The van der Waals surface area contributed by atoms with Gasteiger partial charge in [0, 0.05) is 17.3 Å². The van der Waals surface area contributed by atoms with Crippen LogP contribution < -0.4 is 0 Å². The molecular formula is C20H34O5. The lowest BCUT2D eigenvalue weighted by molar-refractivity contribution is -0.250. The van der Waals surface area contributed by atoms with Gasteiger partial charge in [0.2, 0.25) is 0 Å². The predicted octanol–water partition coefficient (Wildman–Crippen LogP) is 1.06. The standard InChI is InChI=1S/C20H34O5/c1-17(10-21)14-4-3-12-7-13-8-20(12,16(24)9-19(13,25)11-22)18(14,2)6-5-15(17)23/h12-16,21-25H,3-11H2,1-2H3. The zero-order valence-electron chi connectivity index (χ0n) is 15.5. The van der Waals surface area contributed by atoms with Crippen LogP contribution in [0.4, 0.5) is 0 Å². The minimum atomic E-state index is -1.16. The van der Waals surface area contributed by atoms with Crippen molar-refractivity contribution in [1.29, 1.82) is 0 Å². The smallest absolute Gasteiger partial charge is 0.0930 e. The van der Waals surface area contributed by atoms with Crippen LogP contribution in [0.2, 0.25) is 0 Å². The second-order valence-corrected chi connectivity index (χ2v) is 10.1. The Morgan fingerprint density at radius 2 is 1.60 bits per heavy atom. The molecule has 144 valence electrons. The summed E-state index contributed by atoms with van der Waals surface area (Å²) in [6.45, 7) is 3.95. The SMILES string of the molecule is CC1(CO)C(O)CCC2(C)C1CCC1CC3CC12C(O)CC3(O)CO. The molecule has 4 aliphatic carbocycles. The molecule has 9 atom stereocenters. The second kappa shape index (κ2) is 5.41. The van der Waals surface area contributed by atoms with E-state index in [0.29, 0.717) is 12.3 Å². The van der Waals surface area contributed by atoms with E-state index < -0.39 is 23.2 Å². The first-order valence-electron chi connectivity index (χ1n) is 9.98. The summed E-state index contributed by atoms with van der Waals surface area (Å²) in [4.78, 5) is 0. The van der Waals surface area contributed by atoms with E-state index in [4.69, 9.17) is 0 Å². The van der Waals surface area contributed by atoms with Crippen molar-refractivity contribution in [3.63, 3.8) is 0 Å². The van der Waals surface area contributed by atoms with Crippen LogP contribution in [0.15, 0.2) is 0 Å². The van der Waals surface area contributed by atoms with E-state index in [1.54, 1.807) is 0 Å². The van der Waals surface area contributed by atoms with Gasteiger partial charge >= 0.3 is 0 Å². The average Bonchev–Trinajstić information content (AvgIpc) is 2.97. The molecule has 5 nitrogen and oxygen atoms in total. The first-order valence-corrected chi connectivity index (χ1v) is 9.98. The van der Waals surface area contributed by atoms with Gasteiger partial charge < -0.3 is 25.5 Å². The Morgan fingerprint density at radius 3 is 2.24 bits per heavy atom. The van der Waals surface area contributed by atoms with Crippen molar-refractivity contribution in [3.05, 3.63) is 0 Å². The number of hydrogen-bond acceptors (Lipinski definition) is 5. The molecule has 0 aromatic heterocycles. The molecule has 9 unspecified atom stereocenters. The molecule has 4 fully saturated rings. The van der Waals surface area contributed by atoms with Gasteiger partial charge in [0.15, 0.2) is 0 Å². The van der Waals surface area contributed by atoms with Gasteiger partial charge in [-0.3, -0.25) is 0 Å². The van der Waals surface area contributed by atoms with Gasteiger partial charge in [-0.05, 0) is 61.7 Å². The molecule has 0 aromatic rings. The zero-order valence-corrected chi connectivity index (χ0v) is 15.5. The normalized spacial score (nSPS) is 60.8. The lowest BCUT2D eigenvalue weighted by Gasteiger charge is -2.67. The summed E-state index contributed by atoms with van der Waals surface area (Å²) in [5, 5.41) is 52.6. The zero-order chi connectivity index (χ0) is 18.3. The van der Waals surface area contributed by atoms with Crippen LogP contribution >= 0.6 is 0 Å². The maximum absolute atomic E-state index is 11.3. The topological polar surface area (TPSA) is 101 Å². The van der Waals surface area contributed by atoms with Gasteiger partial charge in [-0.25, -0.2) is 0 Å². The lowest BCUT2D eigenvalue weighted by atomic mass is 9.38. The molecule has 4 rings (SSSR count). The van der Waals surface area contributed by atoms with Gasteiger partial charge in [-0.15, -0.1) is 0 Å². The molecule has 0 radical (unpaired) electrons. The van der Waals surface area contributed by atoms with E-state index >= 15 is 0 Å². The number of hydrogen-bond donors (Lipinski definition) is 5. The second-order valence-electron chi connectivity index (χ2n) is 10.1. The number of aliphatic hydroxyl groups is 5. The quantitative estimate of drug-likeness (QED) is 0.510. The molecule has 0 saturated heterocycles. The number of aliphatic hydroxyl groups excluding tert-OH is 4. The fourth-order valence-corrected chi connectivity index (χ4v) is 8.05. The highest BCUT2D eigenvalue weighted by atomic mass is 16.3. The molecule has 5 heteroatoms. The fraction of sp³-hybridized carbons (Fsp3) is 1.00. The first kappa shape index (κ1) is 18.2. The highest BCUT2D eigenvalue weighted by Crippen LogP contribution is 2.75. The van der Waals surface area contributed by atoms with Gasteiger partial charge in [0.05, 0.1) is 31.0 Å². The molecule has 2 bridgehead atoms. The van der Waals surface area contributed by atoms with E-state index in [1.165, 1.54) is 0 Å². The third-order valence-electron chi connectivity index (χ3n) is 9.53. The Bertz CT molecular complexity index is 554. The Balaban J connectivity index is 1.79. The number of fused-ring (bicyclic) bond motifs is 2. The van der Waals surface area contributed by atoms with Crippen molar-refractivity contribution in [2.45, 2.75) is 76.6 Å². The minimum Gasteiger partial charge on any atom is -0.396 e. The molecule has 4 aliphatic rings. The molecule has 25 heavy (non-hydrogen) atoms. The molecule has 0 heterocycles. The lowest BCUT2D eigenvalue weighted by Crippen LogP contribution is -2.67. The minimum absolute atomic E-state index is 0.0325. The predicted molar refractivity (Wildman–Crippen MR) is 92.6 cm³/mol. The molecule has 0 amide bonds. The van der Waals surface area contributed by atoms with Crippen molar-refractivity contribution in [3.8, 4) is 0 Å². The van der Waals surface area contributed by atoms with E-state index in [1.807, 2.05) is 6.92 Å². The van der Waals surface area contributed by atoms with Crippen molar-refractivity contribution in [2.75, 3.05) is 13.2 Å². The molecule has 5 N–H and O–H groups in total. The van der Waals surface area contributed by atoms with Crippen molar-refractivity contribution >= 4 is 0 Å². The van der Waals surface area contributed by atoms with E-state index in [0.717, 1.165) is 32.1 Å². The first-order chi connectivity index (χ1) is 11.7. The summed E-state index contributed by atoms with van der Waals surface area (Å²) in [6, 6.07) is 0. The maximum Gasteiger partial charge on any atom is 0.0930 e. The van der Waals surface area contributed by atoms with E-state index in [9.17, 15) is 25.5 Å². The van der Waals surface area contributed by atoms with Crippen molar-refractivity contribution in [1.82, 2.24) is 0 Å². The highest BCUT2D eigenvalue weighted by molar-refractivity contribution is 5.22. The number of rotatable bonds is 2. The van der Waals surface area contributed by atoms with Gasteiger partial charge in [-0.2, -0.15) is 0 Å². The van der Waals surface area contributed by atoms with Gasteiger partial charge in [0.1, 0.15) is 0 Å². The van der Waals surface area contributed by atoms with Gasteiger partial charge in [-0.1, -0.05) is 13.8 Å². The average molecular weight is 354 g/mol. The van der Waals surface area contributed by atoms with Crippen LogP contribution in [-0.2, 0) is 0 Å². The van der Waals surface area contributed by atoms with Crippen LogP contribution in [0.5, 0.6) is 0 Å². The summed E-state index contributed by atoms with van der Waals surface area (Å²) in [7, 11) is 0. The fourth-order valence-electron chi connectivity index (χ4n) is 8.05. The van der Waals surface area contributed by atoms with Gasteiger partial charge in [0.25, 0.3) is 0 Å². The Labute approximate surface area is 150 Å². The maximum atomic E-state index is 11.3. The summed E-state index contributed by atoms with van der Waals surface area (Å²) in [6.07, 6.45) is 4.15. The summed E-state index contributed by atoms with van der Waals surface area (Å²) < 4.78 is 0. The van der Waals surface area contributed by atoms with Crippen LogP contribution in [0.1, 0.15) is 58.8 Å².